The molecule has 12 nitrogen and oxygen atoms in total. The van der Waals surface area contributed by atoms with Crippen LogP contribution in [-0.4, -0.2) is 52.2 Å². The van der Waals surface area contributed by atoms with E-state index < -0.39 is 17.4 Å². The molecule has 0 radical (unpaired) electrons. The van der Waals surface area contributed by atoms with Gasteiger partial charge >= 0.3 is 5.97 Å². The van der Waals surface area contributed by atoms with Crippen LogP contribution in [0.25, 0.3) is 21.7 Å². The Morgan fingerprint density at radius 2 is 1.67 bits per heavy atom. The number of hydrogen-bond donors (Lipinski definition) is 5. The topological polar surface area (TPSA) is 227 Å². The molecule has 0 aliphatic rings. The summed E-state index contributed by atoms with van der Waals surface area (Å²) in [6.45, 7) is 0.444. The van der Waals surface area contributed by atoms with Crippen molar-refractivity contribution < 1.29 is 19.4 Å². The summed E-state index contributed by atoms with van der Waals surface area (Å²) >= 11 is 8.78. The molecular formula is C32H33Cl3N8O4S2. The predicted octanol–water partition coefficient (Wildman–Crippen LogP) is 5.39. The van der Waals surface area contributed by atoms with Crippen LogP contribution in [0.5, 0.6) is 5.75 Å². The molecule has 4 rings (SSSR count). The Morgan fingerprint density at radius 3 is 2.27 bits per heavy atom. The first-order chi connectivity index (χ1) is 22.6. The molecule has 0 aliphatic heterocycles. The first-order valence-corrected chi connectivity index (χ1v) is 16.5. The number of nitrogens with zero attached hydrogens (tertiary/aromatic N) is 4. The number of hydrogen-bond acceptors (Lipinski definition) is 12. The van der Waals surface area contributed by atoms with Gasteiger partial charge in [0.2, 0.25) is 5.91 Å². The van der Waals surface area contributed by atoms with Gasteiger partial charge in [-0.3, -0.25) is 9.59 Å². The van der Waals surface area contributed by atoms with Gasteiger partial charge in [0.05, 0.1) is 17.9 Å². The van der Waals surface area contributed by atoms with Crippen LogP contribution in [0.15, 0.2) is 58.9 Å². The van der Waals surface area contributed by atoms with Crippen molar-refractivity contribution >= 4 is 77.2 Å². The molecule has 0 bridgehead atoms. The molecular weight excluding hydrogens is 731 g/mol. The molecule has 4 aromatic rings. The molecule has 0 spiro atoms. The van der Waals surface area contributed by atoms with Gasteiger partial charge < -0.3 is 32.4 Å². The number of primary amides is 1. The zero-order chi connectivity index (χ0) is 34.0. The highest BCUT2D eigenvalue weighted by Gasteiger charge is 2.38. The molecule has 2 aromatic heterocycles. The SMILES string of the molecule is Cl.Cl.N#Cc1c(N)nc(SCc2csc(-c3ccc(Cl)cc3)n2)c(C#N)c1-c1ccc(OCC[C@@](CCC(N)=O)(NCCN)C(=O)O)cc1. The largest absolute Gasteiger partial charge is 0.494 e. The number of nitriles is 2. The lowest BCUT2D eigenvalue weighted by Crippen LogP contribution is -2.54. The van der Waals surface area contributed by atoms with Crippen LogP contribution in [0.1, 0.15) is 36.1 Å². The van der Waals surface area contributed by atoms with Gasteiger partial charge in [0.1, 0.15) is 44.8 Å². The Labute approximate surface area is 308 Å². The van der Waals surface area contributed by atoms with Crippen LogP contribution < -0.4 is 27.3 Å². The van der Waals surface area contributed by atoms with Gasteiger partial charge in [-0.15, -0.1) is 36.2 Å². The number of thiazole rings is 1. The van der Waals surface area contributed by atoms with Crippen molar-refractivity contribution in [1.29, 1.82) is 10.5 Å². The number of nitrogen functional groups attached to an aromatic ring is 1. The Hall–Kier alpha value is -4.12. The number of carbonyl (C=O) groups excluding carboxylic acids is 1. The molecule has 1 amide bonds. The fourth-order valence-corrected chi connectivity index (χ4v) is 6.68. The molecule has 258 valence electrons. The molecule has 8 N–H and O–H groups in total. The molecule has 0 fully saturated rings. The summed E-state index contributed by atoms with van der Waals surface area (Å²) in [5.74, 6) is -0.911. The highest BCUT2D eigenvalue weighted by atomic mass is 35.5. The maximum Gasteiger partial charge on any atom is 0.324 e. The molecule has 49 heavy (non-hydrogen) atoms. The van der Waals surface area contributed by atoms with Gasteiger partial charge in [0.15, 0.2) is 0 Å². The Kier molecular flexibility index (Phi) is 16.1. The molecule has 2 heterocycles. The van der Waals surface area contributed by atoms with Gasteiger partial charge in [0.25, 0.3) is 0 Å². The summed E-state index contributed by atoms with van der Waals surface area (Å²) in [7, 11) is 0. The number of aromatic nitrogens is 2. The lowest BCUT2D eigenvalue weighted by atomic mass is 9.89. The maximum atomic E-state index is 12.2. The van der Waals surface area contributed by atoms with Crippen LogP contribution in [0.2, 0.25) is 5.02 Å². The van der Waals surface area contributed by atoms with E-state index in [1.54, 1.807) is 36.4 Å². The number of carbonyl (C=O) groups is 2. The number of amides is 1. The van der Waals surface area contributed by atoms with Gasteiger partial charge in [-0.1, -0.05) is 47.6 Å². The summed E-state index contributed by atoms with van der Waals surface area (Å²) in [6.07, 6.45) is -0.107. The van der Waals surface area contributed by atoms with Crippen molar-refractivity contribution in [2.24, 2.45) is 11.5 Å². The monoisotopic (exact) mass is 762 g/mol. The van der Waals surface area contributed by atoms with Crippen LogP contribution in [-0.2, 0) is 15.3 Å². The van der Waals surface area contributed by atoms with Gasteiger partial charge in [-0.2, -0.15) is 10.5 Å². The van der Waals surface area contributed by atoms with Gasteiger partial charge in [-0.05, 0) is 36.2 Å². The minimum absolute atomic E-state index is 0. The van der Waals surface area contributed by atoms with E-state index in [9.17, 15) is 25.2 Å². The molecule has 2 aromatic carbocycles. The second-order valence-electron chi connectivity index (χ2n) is 10.3. The highest BCUT2D eigenvalue weighted by molar-refractivity contribution is 7.98. The number of pyridine rings is 1. The fourth-order valence-electron chi connectivity index (χ4n) is 4.73. The minimum Gasteiger partial charge on any atom is -0.494 e. The fraction of sp³-hybridized carbons (Fsp3) is 0.250. The summed E-state index contributed by atoms with van der Waals surface area (Å²) in [4.78, 5) is 32.6. The lowest BCUT2D eigenvalue weighted by Gasteiger charge is -2.30. The van der Waals surface area contributed by atoms with E-state index in [4.69, 9.17) is 38.5 Å². The third-order valence-corrected chi connectivity index (χ3v) is 9.37. The molecule has 0 aliphatic carbocycles. The average molecular weight is 764 g/mol. The Bertz CT molecular complexity index is 1830. The second kappa shape index (κ2) is 19.2. The van der Waals surface area contributed by atoms with Crippen molar-refractivity contribution in [2.75, 3.05) is 25.4 Å². The van der Waals surface area contributed by atoms with E-state index in [0.717, 1.165) is 16.3 Å². The van der Waals surface area contributed by atoms with Crippen molar-refractivity contribution in [3.63, 3.8) is 0 Å². The number of ether oxygens (including phenoxy) is 1. The standard InChI is InChI=1S/C32H31ClN8O4S2.2ClH/c33-21-5-1-20(2-6-21)29-40-22(17-46-29)18-47-30-25(16-36)27(24(15-35)28(38)41-30)19-3-7-23(8-4-19)45-14-11-32(31(43)44,39-13-12-34)10-9-26(37)42;;/h1-8,17,39H,9-14,18,34H2,(H2,37,42)(H2,38,41)(H,43,44);2*1H/t32-;;/m1../s1. The van der Waals surface area contributed by atoms with Crippen LogP contribution in [0.4, 0.5) is 5.82 Å². The molecule has 0 unspecified atom stereocenters. The lowest BCUT2D eigenvalue weighted by molar-refractivity contribution is -0.146. The van der Waals surface area contributed by atoms with Crippen molar-refractivity contribution in [3.8, 4) is 39.6 Å². The number of thioether (sulfide) groups is 1. The van der Waals surface area contributed by atoms with Crippen LogP contribution >= 0.6 is 59.5 Å². The van der Waals surface area contributed by atoms with E-state index in [2.05, 4.69) is 22.4 Å². The predicted molar refractivity (Wildman–Crippen MR) is 196 cm³/mol. The number of halogens is 3. The summed E-state index contributed by atoms with van der Waals surface area (Å²) < 4.78 is 5.84. The van der Waals surface area contributed by atoms with E-state index in [0.29, 0.717) is 32.7 Å². The number of aliphatic carboxylic acids is 1. The normalized spacial score (nSPS) is 11.6. The summed E-state index contributed by atoms with van der Waals surface area (Å²) in [5, 5.41) is 36.7. The van der Waals surface area contributed by atoms with Crippen molar-refractivity contribution in [2.45, 2.75) is 35.6 Å². The van der Waals surface area contributed by atoms with E-state index >= 15 is 0 Å². The smallest absolute Gasteiger partial charge is 0.324 e. The average Bonchev–Trinajstić information content (AvgIpc) is 3.54. The van der Waals surface area contributed by atoms with Crippen molar-refractivity contribution in [1.82, 2.24) is 15.3 Å². The van der Waals surface area contributed by atoms with E-state index in [1.807, 2.05) is 17.5 Å². The number of benzene rings is 2. The first kappa shape index (κ1) is 41.1. The van der Waals surface area contributed by atoms with Crippen LogP contribution in [0.3, 0.4) is 0 Å². The van der Waals surface area contributed by atoms with E-state index in [1.165, 1.54) is 23.1 Å². The number of rotatable bonds is 16. The van der Waals surface area contributed by atoms with Crippen LogP contribution in [0, 0.1) is 22.7 Å². The Balaban J connectivity index is 0.00000417. The second-order valence-corrected chi connectivity index (χ2v) is 12.5. The first-order valence-electron chi connectivity index (χ1n) is 14.3. The third-order valence-electron chi connectivity index (χ3n) is 7.17. The zero-order valence-electron chi connectivity index (χ0n) is 25.8. The number of nitrogens with two attached hydrogens (primary N) is 3. The molecule has 1 atom stereocenters. The van der Waals surface area contributed by atoms with E-state index in [-0.39, 0.29) is 80.7 Å². The van der Waals surface area contributed by atoms with Gasteiger partial charge in [0, 0.05) is 53.2 Å². The number of anilines is 1. The number of carboxylic acids is 1. The Morgan fingerprint density at radius 1 is 1.02 bits per heavy atom. The van der Waals surface area contributed by atoms with Crippen molar-refractivity contribution in [3.05, 3.63) is 75.8 Å². The highest BCUT2D eigenvalue weighted by Crippen LogP contribution is 2.38. The molecule has 0 saturated carbocycles. The number of nitrogens with one attached hydrogen (secondary N) is 1. The molecule has 17 heteroatoms. The zero-order valence-corrected chi connectivity index (χ0v) is 29.9. The van der Waals surface area contributed by atoms with Gasteiger partial charge in [-0.25, -0.2) is 9.97 Å². The number of carboxylic acid groups (broad SMARTS) is 1. The quantitative estimate of drug-likeness (QED) is 0.0905. The summed E-state index contributed by atoms with van der Waals surface area (Å²) in [6, 6.07) is 18.3. The molecule has 0 saturated heterocycles. The third kappa shape index (κ3) is 10.4. The summed E-state index contributed by atoms with van der Waals surface area (Å²) in [5.41, 5.74) is 18.5. The minimum atomic E-state index is -1.45. The maximum absolute atomic E-state index is 12.2.